The number of aliphatic imine (C=N–C) groups is 1. The summed E-state index contributed by atoms with van der Waals surface area (Å²) in [6, 6.07) is 0.879. The molecule has 7 nitrogen and oxygen atoms in total. The van der Waals surface area contributed by atoms with Crippen LogP contribution >= 0.6 is 24.0 Å². The first kappa shape index (κ1) is 24.9. The number of morpholine rings is 1. The fourth-order valence-corrected chi connectivity index (χ4v) is 3.44. The molecule has 0 bridgehead atoms. The number of rotatable bonds is 10. The molecular formula is C19H39IN4O3. The van der Waals surface area contributed by atoms with Crippen LogP contribution in [0.5, 0.6) is 0 Å². The minimum atomic E-state index is 0. The lowest BCUT2D eigenvalue weighted by atomic mass is 10.2. The van der Waals surface area contributed by atoms with Crippen molar-refractivity contribution in [3.63, 3.8) is 0 Å². The number of halogens is 1. The molecule has 3 atom stereocenters. The molecule has 2 N–H and O–H groups in total. The Labute approximate surface area is 182 Å². The maximum absolute atomic E-state index is 5.70. The zero-order valence-corrected chi connectivity index (χ0v) is 19.6. The minimum absolute atomic E-state index is 0. The molecule has 0 amide bonds. The summed E-state index contributed by atoms with van der Waals surface area (Å²) in [6.07, 6.45) is 3.58. The van der Waals surface area contributed by atoms with Crippen LogP contribution in [0.2, 0.25) is 0 Å². The van der Waals surface area contributed by atoms with Crippen molar-refractivity contribution in [3.8, 4) is 0 Å². The van der Waals surface area contributed by atoms with E-state index >= 15 is 0 Å². The van der Waals surface area contributed by atoms with Gasteiger partial charge in [-0.15, -0.1) is 24.0 Å². The fraction of sp³-hybridized carbons (Fsp3) is 0.947. The molecule has 8 heteroatoms. The van der Waals surface area contributed by atoms with Gasteiger partial charge in [-0.05, 0) is 40.0 Å². The molecule has 2 rings (SSSR count). The monoisotopic (exact) mass is 498 g/mol. The quantitative estimate of drug-likeness (QED) is 0.208. The highest BCUT2D eigenvalue weighted by molar-refractivity contribution is 14.0. The molecule has 3 unspecified atom stereocenters. The summed E-state index contributed by atoms with van der Waals surface area (Å²) in [7, 11) is 0. The molecule has 0 aromatic rings. The summed E-state index contributed by atoms with van der Waals surface area (Å²) in [4.78, 5) is 7.24. The van der Waals surface area contributed by atoms with Gasteiger partial charge in [0.25, 0.3) is 0 Å². The number of hydrogen-bond donors (Lipinski definition) is 2. The first-order valence-electron chi connectivity index (χ1n) is 10.3. The van der Waals surface area contributed by atoms with E-state index in [1.54, 1.807) is 0 Å². The predicted molar refractivity (Wildman–Crippen MR) is 120 cm³/mol. The Balaban J connectivity index is 0.00000364. The maximum atomic E-state index is 5.70. The lowest BCUT2D eigenvalue weighted by Gasteiger charge is -2.37. The molecule has 27 heavy (non-hydrogen) atoms. The van der Waals surface area contributed by atoms with E-state index in [1.165, 1.54) is 6.42 Å². The Morgan fingerprint density at radius 2 is 2.19 bits per heavy atom. The molecule has 0 radical (unpaired) electrons. The molecule has 2 saturated heterocycles. The van der Waals surface area contributed by atoms with Gasteiger partial charge in [-0.25, -0.2) is 0 Å². The molecular weight excluding hydrogens is 459 g/mol. The predicted octanol–water partition coefficient (Wildman–Crippen LogP) is 1.85. The number of hydrogen-bond acceptors (Lipinski definition) is 5. The lowest BCUT2D eigenvalue weighted by molar-refractivity contribution is -0.0165. The van der Waals surface area contributed by atoms with Gasteiger partial charge in [0, 0.05) is 44.9 Å². The van der Waals surface area contributed by atoms with Crippen molar-refractivity contribution >= 4 is 29.9 Å². The van der Waals surface area contributed by atoms with Crippen LogP contribution in [0.3, 0.4) is 0 Å². The van der Waals surface area contributed by atoms with Gasteiger partial charge in [0.2, 0.25) is 0 Å². The third-order valence-corrected chi connectivity index (χ3v) is 4.93. The van der Waals surface area contributed by atoms with Crippen molar-refractivity contribution in [3.05, 3.63) is 0 Å². The topological polar surface area (TPSA) is 67.4 Å². The zero-order valence-electron chi connectivity index (χ0n) is 17.2. The van der Waals surface area contributed by atoms with Crippen LogP contribution < -0.4 is 10.6 Å². The highest BCUT2D eigenvalue weighted by Crippen LogP contribution is 2.12. The van der Waals surface area contributed by atoms with Crippen LogP contribution in [-0.2, 0) is 14.2 Å². The standard InChI is InChI=1S/C19H38N4O3.HI/c1-4-20-19(21-8-6-10-24-15-18-7-5-11-26-18)22-13-16(2)23-9-12-25-14-17(23)3;/h16-18H,4-15H2,1-3H3,(H2,20,21,22);1H. The van der Waals surface area contributed by atoms with Gasteiger partial charge in [-0.3, -0.25) is 9.89 Å². The third-order valence-electron chi connectivity index (χ3n) is 4.93. The van der Waals surface area contributed by atoms with Crippen LogP contribution in [0, 0.1) is 0 Å². The highest BCUT2D eigenvalue weighted by Gasteiger charge is 2.23. The molecule has 2 fully saturated rings. The van der Waals surface area contributed by atoms with Crippen molar-refractivity contribution in [1.82, 2.24) is 15.5 Å². The van der Waals surface area contributed by atoms with Crippen LogP contribution in [0.4, 0.5) is 0 Å². The Kier molecular flexibility index (Phi) is 13.6. The van der Waals surface area contributed by atoms with Gasteiger partial charge >= 0.3 is 0 Å². The first-order valence-corrected chi connectivity index (χ1v) is 10.3. The molecule has 0 spiro atoms. The van der Waals surface area contributed by atoms with Crippen molar-refractivity contribution in [2.45, 2.75) is 58.2 Å². The van der Waals surface area contributed by atoms with E-state index in [0.717, 1.165) is 78.0 Å². The summed E-state index contributed by atoms with van der Waals surface area (Å²) >= 11 is 0. The van der Waals surface area contributed by atoms with Crippen molar-refractivity contribution in [1.29, 1.82) is 0 Å². The van der Waals surface area contributed by atoms with E-state index in [0.29, 0.717) is 18.2 Å². The molecule has 2 aliphatic rings. The molecule has 0 aliphatic carbocycles. The van der Waals surface area contributed by atoms with Gasteiger partial charge in [0.05, 0.1) is 32.5 Å². The first-order chi connectivity index (χ1) is 12.7. The van der Waals surface area contributed by atoms with Gasteiger partial charge in [0.15, 0.2) is 5.96 Å². The summed E-state index contributed by atoms with van der Waals surface area (Å²) in [5.74, 6) is 0.888. The zero-order chi connectivity index (χ0) is 18.6. The number of guanidine groups is 1. The normalized spacial score (nSPS) is 25.1. The lowest BCUT2D eigenvalue weighted by Crippen LogP contribution is -2.49. The molecule has 0 aromatic carbocycles. The Morgan fingerprint density at radius 1 is 1.33 bits per heavy atom. The minimum Gasteiger partial charge on any atom is -0.379 e. The smallest absolute Gasteiger partial charge is 0.191 e. The van der Waals surface area contributed by atoms with E-state index in [1.807, 2.05) is 0 Å². The van der Waals surface area contributed by atoms with Gasteiger partial charge in [-0.2, -0.15) is 0 Å². The summed E-state index contributed by atoms with van der Waals surface area (Å²) < 4.78 is 16.8. The van der Waals surface area contributed by atoms with Crippen LogP contribution in [0.1, 0.15) is 40.0 Å². The summed E-state index contributed by atoms with van der Waals surface area (Å²) in [6.45, 7) is 14.1. The SMILES string of the molecule is CCNC(=NCC(C)N1CCOCC1C)NCCCOCC1CCCO1.I. The van der Waals surface area contributed by atoms with E-state index in [4.69, 9.17) is 19.2 Å². The van der Waals surface area contributed by atoms with E-state index < -0.39 is 0 Å². The molecule has 0 saturated carbocycles. The summed E-state index contributed by atoms with van der Waals surface area (Å²) in [5.41, 5.74) is 0. The molecule has 0 aromatic heterocycles. The Hall–Kier alpha value is -0.160. The number of nitrogens with one attached hydrogen (secondary N) is 2. The number of ether oxygens (including phenoxy) is 3. The second-order valence-electron chi connectivity index (χ2n) is 7.22. The molecule has 2 heterocycles. The molecule has 160 valence electrons. The van der Waals surface area contributed by atoms with E-state index in [2.05, 4.69) is 36.3 Å². The fourth-order valence-electron chi connectivity index (χ4n) is 3.44. The highest BCUT2D eigenvalue weighted by atomic mass is 127. The second-order valence-corrected chi connectivity index (χ2v) is 7.22. The largest absolute Gasteiger partial charge is 0.379 e. The van der Waals surface area contributed by atoms with Gasteiger partial charge in [-0.1, -0.05) is 0 Å². The van der Waals surface area contributed by atoms with Crippen molar-refractivity contribution < 1.29 is 14.2 Å². The van der Waals surface area contributed by atoms with Gasteiger partial charge < -0.3 is 24.8 Å². The Bertz CT molecular complexity index is 408. The Morgan fingerprint density at radius 3 is 2.89 bits per heavy atom. The van der Waals surface area contributed by atoms with Gasteiger partial charge in [0.1, 0.15) is 0 Å². The van der Waals surface area contributed by atoms with Crippen LogP contribution in [0.15, 0.2) is 4.99 Å². The van der Waals surface area contributed by atoms with Crippen molar-refractivity contribution in [2.24, 2.45) is 4.99 Å². The molecule has 2 aliphatic heterocycles. The average molecular weight is 498 g/mol. The van der Waals surface area contributed by atoms with E-state index in [-0.39, 0.29) is 24.0 Å². The van der Waals surface area contributed by atoms with Crippen molar-refractivity contribution in [2.75, 3.05) is 59.2 Å². The number of nitrogens with zero attached hydrogens (tertiary/aromatic N) is 2. The average Bonchev–Trinajstić information content (AvgIpc) is 3.16. The van der Waals surface area contributed by atoms with E-state index in [9.17, 15) is 0 Å². The van der Waals surface area contributed by atoms with Crippen LogP contribution in [-0.4, -0.2) is 88.3 Å². The maximum Gasteiger partial charge on any atom is 0.191 e. The van der Waals surface area contributed by atoms with Crippen LogP contribution in [0.25, 0.3) is 0 Å². The summed E-state index contributed by atoms with van der Waals surface area (Å²) in [5, 5.41) is 6.73. The third kappa shape index (κ3) is 9.74. The second kappa shape index (κ2) is 14.8.